The zero-order chi connectivity index (χ0) is 8.27. The second-order valence-electron chi connectivity index (χ2n) is 1.65. The first kappa shape index (κ1) is 7.27. The molecule has 0 saturated carbocycles. The quantitative estimate of drug-likeness (QED) is 0.329. The van der Waals surface area contributed by atoms with Crippen molar-refractivity contribution in [2.45, 2.75) is 0 Å². The highest BCUT2D eigenvalue weighted by Gasteiger charge is 2.13. The number of aromatic nitrogens is 2. The molecule has 0 bridgehead atoms. The summed E-state index contributed by atoms with van der Waals surface area (Å²) in [7, 11) is 1.01. The van der Waals surface area contributed by atoms with Crippen LogP contribution >= 0.6 is 0 Å². The van der Waals surface area contributed by atoms with Gasteiger partial charge in [0.15, 0.2) is 0 Å². The van der Waals surface area contributed by atoms with Crippen molar-refractivity contribution in [2.75, 3.05) is 0 Å². The average Bonchev–Trinajstić information content (AvgIpc) is 2.36. The van der Waals surface area contributed by atoms with Gasteiger partial charge in [0.25, 0.3) is 0 Å². The second-order valence-corrected chi connectivity index (χ2v) is 1.65. The van der Waals surface area contributed by atoms with Gasteiger partial charge in [0.2, 0.25) is 0 Å². The van der Waals surface area contributed by atoms with Gasteiger partial charge in [-0.05, 0) is 4.92 Å². The van der Waals surface area contributed by atoms with Gasteiger partial charge in [-0.2, -0.15) is 0 Å². The Hall–Kier alpha value is -1.84. The minimum Gasteiger partial charge on any atom is -0.390 e. The molecule has 0 unspecified atom stereocenters. The summed E-state index contributed by atoms with van der Waals surface area (Å²) < 4.78 is 1.04. The van der Waals surface area contributed by atoms with Crippen LogP contribution in [0, 0.1) is 21.3 Å². The highest BCUT2D eigenvalue weighted by molar-refractivity contribution is 6.43. The van der Waals surface area contributed by atoms with Crippen LogP contribution in [0.15, 0.2) is 12.4 Å². The van der Waals surface area contributed by atoms with E-state index in [0.29, 0.717) is 0 Å². The van der Waals surface area contributed by atoms with Crippen LogP contribution in [0.2, 0.25) is 0 Å². The van der Waals surface area contributed by atoms with Crippen LogP contribution < -0.4 is 0 Å². The topological polar surface area (TPSA) is 84.8 Å². The second kappa shape index (κ2) is 2.83. The monoisotopic (exact) mass is 149 g/mol. The first-order chi connectivity index (χ1) is 5.25. The lowest BCUT2D eigenvalue weighted by Gasteiger charge is -1.92. The Morgan fingerprint density at radius 3 is 3.18 bits per heavy atom. The average molecular weight is 149 g/mol. The van der Waals surface area contributed by atoms with E-state index in [1.807, 2.05) is 0 Å². The van der Waals surface area contributed by atoms with E-state index in [4.69, 9.17) is 5.26 Å². The van der Waals surface area contributed by atoms with E-state index < -0.39 is 4.92 Å². The Bertz CT molecular complexity index is 314. The molecule has 0 fully saturated rings. The van der Waals surface area contributed by atoms with Gasteiger partial charge in [-0.15, -0.1) is 0 Å². The fourth-order valence-corrected chi connectivity index (χ4v) is 0.610. The zero-order valence-corrected chi connectivity index (χ0v) is 5.34. The summed E-state index contributed by atoms with van der Waals surface area (Å²) >= 11 is 0. The maximum atomic E-state index is 10.2. The summed E-state index contributed by atoms with van der Waals surface area (Å²) in [6, 6.07) is 0. The predicted octanol–water partition coefficient (Wildman–Crippen LogP) is -0.260. The van der Waals surface area contributed by atoms with Crippen molar-refractivity contribution in [1.29, 1.82) is 5.26 Å². The van der Waals surface area contributed by atoms with E-state index in [0.717, 1.165) is 11.9 Å². The predicted molar refractivity (Wildman–Crippen MR) is 35.6 cm³/mol. The summed E-state index contributed by atoms with van der Waals surface area (Å²) in [6.45, 7) is 0. The molecule has 0 saturated heterocycles. The van der Waals surface area contributed by atoms with Crippen molar-refractivity contribution in [2.24, 2.45) is 0 Å². The first-order valence-corrected chi connectivity index (χ1v) is 2.66. The Balaban J connectivity index is 2.98. The molecule has 1 rings (SSSR count). The zero-order valence-electron chi connectivity index (χ0n) is 5.34. The van der Waals surface area contributed by atoms with Gasteiger partial charge in [-0.25, -0.2) is 5.26 Å². The van der Waals surface area contributed by atoms with Gasteiger partial charge in [0, 0.05) is 0 Å². The SMILES string of the molecule is N#C[B]n1ccnc1[N+](=O)[O-]. The summed E-state index contributed by atoms with van der Waals surface area (Å²) in [5.74, 6) is 1.30. The molecule has 0 aliphatic heterocycles. The van der Waals surface area contributed by atoms with Gasteiger partial charge >= 0.3 is 13.4 Å². The molecule has 11 heavy (non-hydrogen) atoms. The standard InChI is InChI=1S/C4H2BN4O2/c6-3-5-8-2-1-7-4(8)9(10)11/h1-2H. The maximum Gasteiger partial charge on any atom is 0.486 e. The normalized spacial score (nSPS) is 8.64. The van der Waals surface area contributed by atoms with Crippen molar-refractivity contribution in [3.8, 4) is 5.97 Å². The van der Waals surface area contributed by atoms with Crippen LogP contribution in [-0.4, -0.2) is 21.8 Å². The van der Waals surface area contributed by atoms with Crippen molar-refractivity contribution < 1.29 is 4.92 Å². The molecule has 0 aliphatic carbocycles. The first-order valence-electron chi connectivity index (χ1n) is 2.66. The fraction of sp³-hybridized carbons (Fsp3) is 0. The lowest BCUT2D eigenvalue weighted by Crippen LogP contribution is -2.06. The Kier molecular flexibility index (Phi) is 1.87. The number of hydrogen-bond donors (Lipinski definition) is 0. The number of nitrogens with zero attached hydrogens (tertiary/aromatic N) is 4. The van der Waals surface area contributed by atoms with Gasteiger partial charge in [-0.3, -0.25) is 4.48 Å². The third kappa shape index (κ3) is 1.35. The number of nitriles is 1. The number of nitro groups is 1. The number of hydrogen-bond acceptors (Lipinski definition) is 4. The molecule has 1 aromatic heterocycles. The summed E-state index contributed by atoms with van der Waals surface area (Å²) in [6.07, 6.45) is 2.59. The molecule has 6 nitrogen and oxygen atoms in total. The maximum absolute atomic E-state index is 10.2. The molecule has 53 valence electrons. The lowest BCUT2D eigenvalue weighted by molar-refractivity contribution is -0.394. The molecule has 0 aliphatic rings. The molecule has 0 amide bonds. The molecular formula is C4H2BN4O2. The Labute approximate surface area is 62.5 Å². The molecule has 0 N–H and O–H groups in total. The third-order valence-electron chi connectivity index (χ3n) is 1.01. The molecule has 0 atom stereocenters. The summed E-state index contributed by atoms with van der Waals surface area (Å²) in [5.41, 5.74) is 0. The number of rotatable bonds is 2. The van der Waals surface area contributed by atoms with E-state index in [1.165, 1.54) is 12.4 Å². The molecule has 0 aromatic carbocycles. The number of imidazole rings is 1. The van der Waals surface area contributed by atoms with E-state index in [2.05, 4.69) is 4.98 Å². The molecule has 7 heteroatoms. The van der Waals surface area contributed by atoms with Crippen LogP contribution in [0.1, 0.15) is 0 Å². The lowest BCUT2D eigenvalue weighted by atomic mass is 9.99. The van der Waals surface area contributed by atoms with Crippen LogP contribution in [-0.2, 0) is 0 Å². The smallest absolute Gasteiger partial charge is 0.390 e. The molecule has 0 spiro atoms. The van der Waals surface area contributed by atoms with Crippen LogP contribution in [0.25, 0.3) is 0 Å². The molecule has 1 aromatic rings. The molecule has 1 heterocycles. The van der Waals surface area contributed by atoms with Crippen molar-refractivity contribution in [3.63, 3.8) is 0 Å². The molecular weight excluding hydrogens is 147 g/mol. The van der Waals surface area contributed by atoms with Gasteiger partial charge in [0.1, 0.15) is 6.20 Å². The van der Waals surface area contributed by atoms with Gasteiger partial charge in [0.05, 0.1) is 12.2 Å². The minimum atomic E-state index is -0.659. The van der Waals surface area contributed by atoms with E-state index >= 15 is 0 Å². The third-order valence-corrected chi connectivity index (χ3v) is 1.01. The van der Waals surface area contributed by atoms with E-state index in [9.17, 15) is 10.1 Å². The fourth-order valence-electron chi connectivity index (χ4n) is 0.610. The largest absolute Gasteiger partial charge is 0.486 e. The Morgan fingerprint density at radius 1 is 1.91 bits per heavy atom. The van der Waals surface area contributed by atoms with Crippen molar-refractivity contribution >= 4 is 13.4 Å². The van der Waals surface area contributed by atoms with E-state index in [-0.39, 0.29) is 5.95 Å². The molecule has 1 radical (unpaired) electrons. The van der Waals surface area contributed by atoms with E-state index in [1.54, 1.807) is 5.97 Å². The van der Waals surface area contributed by atoms with Crippen LogP contribution in [0.4, 0.5) is 5.95 Å². The van der Waals surface area contributed by atoms with Gasteiger partial charge in [-0.1, -0.05) is 4.98 Å². The summed E-state index contributed by atoms with van der Waals surface area (Å²) in [4.78, 5) is 12.9. The van der Waals surface area contributed by atoms with Crippen LogP contribution in [0.5, 0.6) is 0 Å². The van der Waals surface area contributed by atoms with Crippen molar-refractivity contribution in [3.05, 3.63) is 22.5 Å². The van der Waals surface area contributed by atoms with Crippen molar-refractivity contribution in [1.82, 2.24) is 9.46 Å². The van der Waals surface area contributed by atoms with Gasteiger partial charge < -0.3 is 10.1 Å². The Morgan fingerprint density at radius 2 is 2.64 bits per heavy atom. The summed E-state index contributed by atoms with van der Waals surface area (Å²) in [5, 5.41) is 18.3. The minimum absolute atomic E-state index is 0.355. The van der Waals surface area contributed by atoms with Crippen LogP contribution in [0.3, 0.4) is 0 Å². The highest BCUT2D eigenvalue weighted by Crippen LogP contribution is 2.03. The highest BCUT2D eigenvalue weighted by atomic mass is 16.6.